The van der Waals surface area contributed by atoms with Gasteiger partial charge >= 0.3 is 0 Å². The predicted molar refractivity (Wildman–Crippen MR) is 138 cm³/mol. The Morgan fingerprint density at radius 2 is 0.667 bits per heavy atom. The molecule has 0 aliphatic rings. The molecule has 0 saturated heterocycles. The van der Waals surface area contributed by atoms with Crippen LogP contribution in [0.25, 0.3) is 0 Å². The van der Waals surface area contributed by atoms with E-state index in [0.717, 1.165) is 0 Å². The average molecular weight is 442 g/mol. The quantitative estimate of drug-likeness (QED) is 0.420. The minimum absolute atomic E-state index is 0.665. The van der Waals surface area contributed by atoms with E-state index >= 15 is 0 Å². The summed E-state index contributed by atoms with van der Waals surface area (Å²) in [5.41, 5.74) is 12.7. The molecule has 3 heteroatoms. The van der Waals surface area contributed by atoms with E-state index in [1.807, 2.05) is 0 Å². The third-order valence-corrected chi connectivity index (χ3v) is 18.1. The first-order valence-electron chi connectivity index (χ1n) is 10.7. The van der Waals surface area contributed by atoms with E-state index in [-0.39, 0.29) is 0 Å². The van der Waals surface area contributed by atoms with Crippen molar-refractivity contribution in [3.8, 4) is 0 Å². The molecule has 3 aromatic carbocycles. The van der Waals surface area contributed by atoms with Crippen LogP contribution >= 0.6 is 0 Å². The molecule has 153 valence electrons. The highest BCUT2D eigenvalue weighted by Crippen LogP contribution is 2.21. The topological polar surface area (TPSA) is 0 Å². The number of rotatable bonds is 4. The van der Waals surface area contributed by atoms with Gasteiger partial charge in [-0.3, -0.25) is 0 Å². The molecule has 0 bridgehead atoms. The molecule has 0 spiro atoms. The van der Waals surface area contributed by atoms with Crippen LogP contribution in [0.2, 0.25) is 0 Å². The first-order chi connectivity index (χ1) is 14.0. The van der Waals surface area contributed by atoms with E-state index in [9.17, 15) is 0 Å². The summed E-state index contributed by atoms with van der Waals surface area (Å²) in [6.07, 6.45) is 0. The summed E-state index contributed by atoms with van der Waals surface area (Å²) in [6.45, 7) is 20.6. The standard InChI is InChI=1S/C27H33Si3/c1-16-10-19(4)25(20(5)11-16)30(29-28,26-21(6)12-17(2)13-22(26)7)27-23(8)14-18(3)15-24(27)9/h10-15H,1-9H3. The van der Waals surface area contributed by atoms with E-state index in [1.54, 1.807) is 15.6 Å². The molecule has 0 aliphatic heterocycles. The van der Waals surface area contributed by atoms with Crippen molar-refractivity contribution in [2.45, 2.75) is 62.3 Å². The molecule has 0 aliphatic carbocycles. The lowest BCUT2D eigenvalue weighted by Crippen LogP contribution is -2.75. The van der Waals surface area contributed by atoms with Crippen LogP contribution in [-0.2, 0) is 0 Å². The summed E-state index contributed by atoms with van der Waals surface area (Å²) in [4.78, 5) is 0. The SMILES string of the molecule is Cc1cc(C)c([Si]([Si][Si])(c2c(C)cc(C)cc2C)c2c(C)cc(C)cc2C)c(C)c1. The van der Waals surface area contributed by atoms with Gasteiger partial charge in [0.05, 0.1) is 0 Å². The summed E-state index contributed by atoms with van der Waals surface area (Å²) >= 11 is 0. The van der Waals surface area contributed by atoms with Gasteiger partial charge < -0.3 is 0 Å². The van der Waals surface area contributed by atoms with Crippen LogP contribution in [0.3, 0.4) is 0 Å². The van der Waals surface area contributed by atoms with Crippen molar-refractivity contribution >= 4 is 41.5 Å². The molecule has 0 nitrogen and oxygen atoms in total. The summed E-state index contributed by atoms with van der Waals surface area (Å²) in [5, 5.41) is 4.77. The van der Waals surface area contributed by atoms with Gasteiger partial charge in [-0.1, -0.05) is 86.5 Å². The summed E-state index contributed by atoms with van der Waals surface area (Å²) in [5.74, 6) is 0. The van der Waals surface area contributed by atoms with Gasteiger partial charge in [0.1, 0.15) is 7.59 Å². The highest BCUT2D eigenvalue weighted by molar-refractivity contribution is 7.54. The van der Waals surface area contributed by atoms with Crippen LogP contribution in [0.15, 0.2) is 36.4 Å². The highest BCUT2D eigenvalue weighted by Gasteiger charge is 2.43. The Morgan fingerprint density at radius 1 is 0.467 bits per heavy atom. The van der Waals surface area contributed by atoms with Crippen LogP contribution in [0.4, 0.5) is 0 Å². The maximum absolute atomic E-state index is 4.20. The van der Waals surface area contributed by atoms with E-state index in [1.165, 1.54) is 50.1 Å². The van der Waals surface area contributed by atoms with Gasteiger partial charge in [0, 0.05) is 18.3 Å². The number of aryl methyl sites for hydroxylation is 9. The van der Waals surface area contributed by atoms with Crippen molar-refractivity contribution in [1.82, 2.24) is 0 Å². The van der Waals surface area contributed by atoms with Gasteiger partial charge in [0.15, 0.2) is 0 Å². The number of hydrogen-bond donors (Lipinski definition) is 0. The van der Waals surface area contributed by atoms with Crippen LogP contribution in [0.5, 0.6) is 0 Å². The third-order valence-electron chi connectivity index (χ3n) is 6.34. The van der Waals surface area contributed by atoms with Crippen LogP contribution in [0, 0.1) is 62.3 Å². The minimum Gasteiger partial charge on any atom is -0.0565 e. The second-order valence-corrected chi connectivity index (χ2v) is 17.7. The molecule has 3 rings (SSSR count). The normalized spacial score (nSPS) is 11.8. The third kappa shape index (κ3) is 3.72. The van der Waals surface area contributed by atoms with Gasteiger partial charge in [0.2, 0.25) is 0 Å². The molecule has 0 atom stereocenters. The Kier molecular flexibility index (Phi) is 6.47. The second-order valence-electron chi connectivity index (χ2n) is 9.20. The van der Waals surface area contributed by atoms with E-state index in [2.05, 4.69) is 108 Å². The molecular formula is C27H33Si3. The monoisotopic (exact) mass is 441 g/mol. The first-order valence-corrected chi connectivity index (χ1v) is 16.2. The number of benzene rings is 3. The molecule has 5 radical (unpaired) electrons. The average Bonchev–Trinajstić information content (AvgIpc) is 2.58. The predicted octanol–water partition coefficient (Wildman–Crippen LogP) is 4.22. The molecule has 30 heavy (non-hydrogen) atoms. The van der Waals surface area contributed by atoms with Crippen molar-refractivity contribution < 1.29 is 0 Å². The van der Waals surface area contributed by atoms with E-state index < -0.39 is 7.59 Å². The van der Waals surface area contributed by atoms with Crippen molar-refractivity contribution in [3.05, 3.63) is 86.5 Å². The van der Waals surface area contributed by atoms with Gasteiger partial charge in [-0.05, 0) is 77.9 Å². The van der Waals surface area contributed by atoms with Gasteiger partial charge in [0.25, 0.3) is 0 Å². The molecule has 3 aromatic rings. The van der Waals surface area contributed by atoms with Gasteiger partial charge in [-0.15, -0.1) is 0 Å². The Bertz CT molecular complexity index is 916. The fourth-order valence-corrected chi connectivity index (χ4v) is 19.0. The van der Waals surface area contributed by atoms with Crippen molar-refractivity contribution in [3.63, 3.8) is 0 Å². The largest absolute Gasteiger partial charge is 0.132 e. The lowest BCUT2D eigenvalue weighted by molar-refractivity contribution is 1.32. The highest BCUT2D eigenvalue weighted by atomic mass is 29.5. The van der Waals surface area contributed by atoms with Crippen molar-refractivity contribution in [2.75, 3.05) is 0 Å². The first kappa shape index (κ1) is 23.0. The summed E-state index contributed by atoms with van der Waals surface area (Å²) in [6, 6.07) is 14.3. The molecule has 0 saturated carbocycles. The van der Waals surface area contributed by atoms with Crippen LogP contribution in [0.1, 0.15) is 50.1 Å². The second kappa shape index (κ2) is 8.45. The van der Waals surface area contributed by atoms with Crippen LogP contribution in [-0.4, -0.2) is 25.9 Å². The number of hydrogen-bond acceptors (Lipinski definition) is 0. The maximum Gasteiger partial charge on any atom is 0.132 e. The zero-order chi connectivity index (χ0) is 22.4. The Labute approximate surface area is 190 Å². The zero-order valence-corrected chi connectivity index (χ0v) is 23.0. The lowest BCUT2D eigenvalue weighted by Gasteiger charge is -2.40. The molecule has 0 N–H and O–H groups in total. The van der Waals surface area contributed by atoms with Crippen molar-refractivity contribution in [2.24, 2.45) is 0 Å². The lowest BCUT2D eigenvalue weighted by atomic mass is 10.1. The van der Waals surface area contributed by atoms with E-state index in [4.69, 9.17) is 0 Å². The van der Waals surface area contributed by atoms with E-state index in [0.29, 0.717) is 8.55 Å². The van der Waals surface area contributed by atoms with Crippen LogP contribution < -0.4 is 15.6 Å². The zero-order valence-electron chi connectivity index (χ0n) is 20.0. The Morgan fingerprint density at radius 3 is 0.833 bits per heavy atom. The van der Waals surface area contributed by atoms with Gasteiger partial charge in [-0.25, -0.2) is 0 Å². The smallest absolute Gasteiger partial charge is 0.0565 e. The molecule has 0 aromatic heterocycles. The molecular weight excluding hydrogens is 409 g/mol. The summed E-state index contributed by atoms with van der Waals surface area (Å²) in [7, 11) is 2.57. The molecule has 0 amide bonds. The molecule has 0 fully saturated rings. The molecule has 0 heterocycles. The minimum atomic E-state index is -2.29. The fourth-order valence-electron chi connectivity index (χ4n) is 5.88. The summed E-state index contributed by atoms with van der Waals surface area (Å²) < 4.78 is 0. The Hall–Kier alpha value is -1.69. The van der Waals surface area contributed by atoms with Crippen molar-refractivity contribution in [1.29, 1.82) is 0 Å². The van der Waals surface area contributed by atoms with Gasteiger partial charge in [-0.2, -0.15) is 0 Å². The molecule has 0 unspecified atom stereocenters. The maximum atomic E-state index is 4.20. The Balaban J connectivity index is 2.61. The fraction of sp³-hybridized carbons (Fsp3) is 0.333.